The molecule has 0 spiro atoms. The van der Waals surface area contributed by atoms with Gasteiger partial charge in [0.25, 0.3) is 5.91 Å². The molecular weight excluding hydrogens is 329 g/mol. The number of rotatable bonds is 1. The van der Waals surface area contributed by atoms with Crippen LogP contribution in [0, 0.1) is 3.57 Å². The van der Waals surface area contributed by atoms with Gasteiger partial charge in [-0.1, -0.05) is 24.3 Å². The summed E-state index contributed by atoms with van der Waals surface area (Å²) in [6.07, 6.45) is 0. The Bertz CT molecular complexity index is 602. The average molecular weight is 339 g/mol. The number of nitrogens with one attached hydrogen (secondary N) is 1. The van der Waals surface area contributed by atoms with Crippen molar-refractivity contribution in [2.45, 2.75) is 6.92 Å². The van der Waals surface area contributed by atoms with Crippen molar-refractivity contribution in [1.82, 2.24) is 5.32 Å². The van der Waals surface area contributed by atoms with Gasteiger partial charge in [0.15, 0.2) is 0 Å². The Labute approximate surface area is 112 Å². The van der Waals surface area contributed by atoms with Gasteiger partial charge in [0.1, 0.15) is 0 Å². The molecule has 4 heteroatoms. The van der Waals surface area contributed by atoms with Gasteiger partial charge < -0.3 is 0 Å². The largest absolute Gasteiger partial charge is 0.293 e. The smallest absolute Gasteiger partial charge is 0.258 e. The molecule has 0 saturated heterocycles. The molecule has 0 aliphatic carbocycles. The number of hydrogen-bond donors (Lipinski definition) is 1. The molecule has 0 atom stereocenters. The fraction of sp³-hybridized carbons (Fsp3) is 0.0769. The van der Waals surface area contributed by atoms with E-state index in [1.54, 1.807) is 6.07 Å². The van der Waals surface area contributed by atoms with Crippen molar-refractivity contribution < 1.29 is 9.59 Å². The molecule has 0 radical (unpaired) electrons. The van der Waals surface area contributed by atoms with Crippen molar-refractivity contribution in [2.24, 2.45) is 0 Å². The molecule has 0 aliphatic heterocycles. The molecule has 0 bridgehead atoms. The minimum absolute atomic E-state index is 0.349. The molecule has 0 fully saturated rings. The molecule has 17 heavy (non-hydrogen) atoms. The number of benzene rings is 2. The summed E-state index contributed by atoms with van der Waals surface area (Å²) in [6, 6.07) is 11.3. The highest BCUT2D eigenvalue weighted by Crippen LogP contribution is 2.24. The van der Waals surface area contributed by atoms with Crippen LogP contribution in [0.15, 0.2) is 36.4 Å². The lowest BCUT2D eigenvalue weighted by atomic mass is 10.0. The number of amides is 2. The van der Waals surface area contributed by atoms with Gasteiger partial charge in [0.05, 0.1) is 0 Å². The zero-order valence-corrected chi connectivity index (χ0v) is 11.3. The second-order valence-corrected chi connectivity index (χ2v) is 4.82. The van der Waals surface area contributed by atoms with Crippen molar-refractivity contribution in [1.29, 1.82) is 0 Å². The average Bonchev–Trinajstić information content (AvgIpc) is 2.28. The van der Waals surface area contributed by atoms with Crippen LogP contribution in [0.2, 0.25) is 0 Å². The third-order valence-electron chi connectivity index (χ3n) is 2.39. The summed E-state index contributed by atoms with van der Waals surface area (Å²) in [5, 5.41) is 4.17. The number of fused-ring (bicyclic) bond motifs is 1. The van der Waals surface area contributed by atoms with E-state index in [4.69, 9.17) is 0 Å². The van der Waals surface area contributed by atoms with Crippen LogP contribution in [-0.2, 0) is 4.79 Å². The van der Waals surface area contributed by atoms with Gasteiger partial charge in [-0.2, -0.15) is 0 Å². The second-order valence-electron chi connectivity index (χ2n) is 3.65. The maximum absolute atomic E-state index is 11.9. The molecule has 86 valence electrons. The number of halogens is 1. The lowest BCUT2D eigenvalue weighted by molar-refractivity contribution is -0.118. The molecule has 0 aliphatic rings. The van der Waals surface area contributed by atoms with Crippen molar-refractivity contribution in [2.75, 3.05) is 0 Å². The van der Waals surface area contributed by atoms with E-state index >= 15 is 0 Å². The summed E-state index contributed by atoms with van der Waals surface area (Å²) in [4.78, 5) is 22.8. The summed E-state index contributed by atoms with van der Waals surface area (Å²) in [5.74, 6) is -0.704. The van der Waals surface area contributed by atoms with Crippen molar-refractivity contribution >= 4 is 45.2 Å². The van der Waals surface area contributed by atoms with E-state index in [2.05, 4.69) is 27.9 Å². The molecule has 2 aromatic rings. The summed E-state index contributed by atoms with van der Waals surface area (Å²) in [5.41, 5.74) is 0.530. The van der Waals surface area contributed by atoms with Gasteiger partial charge in [0, 0.05) is 21.4 Å². The van der Waals surface area contributed by atoms with Gasteiger partial charge in [-0.05, 0) is 40.1 Å². The van der Waals surface area contributed by atoms with Crippen LogP contribution >= 0.6 is 22.6 Å². The molecule has 3 nitrogen and oxygen atoms in total. The predicted octanol–water partition coefficient (Wildman–Crippen LogP) is 2.72. The zero-order chi connectivity index (χ0) is 12.4. The van der Waals surface area contributed by atoms with E-state index in [0.29, 0.717) is 5.56 Å². The van der Waals surface area contributed by atoms with E-state index in [1.165, 1.54) is 6.92 Å². The van der Waals surface area contributed by atoms with E-state index in [1.807, 2.05) is 30.3 Å². The van der Waals surface area contributed by atoms with E-state index in [-0.39, 0.29) is 11.8 Å². The first kappa shape index (κ1) is 12.0. The maximum atomic E-state index is 11.9. The highest BCUT2D eigenvalue weighted by molar-refractivity contribution is 14.1. The Morgan fingerprint density at radius 2 is 1.76 bits per heavy atom. The fourth-order valence-corrected chi connectivity index (χ4v) is 2.52. The maximum Gasteiger partial charge on any atom is 0.258 e. The molecule has 0 heterocycles. The van der Waals surface area contributed by atoms with Gasteiger partial charge in [-0.15, -0.1) is 0 Å². The number of imide groups is 1. The predicted molar refractivity (Wildman–Crippen MR) is 74.8 cm³/mol. The monoisotopic (exact) mass is 339 g/mol. The molecule has 1 N–H and O–H groups in total. The highest BCUT2D eigenvalue weighted by Gasteiger charge is 2.12. The van der Waals surface area contributed by atoms with Crippen LogP contribution < -0.4 is 5.32 Å². The van der Waals surface area contributed by atoms with Crippen LogP contribution in [0.1, 0.15) is 17.3 Å². The molecule has 2 amide bonds. The number of carbonyl (C=O) groups excluding carboxylic acids is 2. The molecule has 0 aromatic heterocycles. The first-order chi connectivity index (χ1) is 8.09. The summed E-state index contributed by atoms with van der Waals surface area (Å²) < 4.78 is 0.995. The van der Waals surface area contributed by atoms with Crippen LogP contribution in [0.25, 0.3) is 10.8 Å². The number of hydrogen-bond acceptors (Lipinski definition) is 2. The third kappa shape index (κ3) is 2.46. The van der Waals surface area contributed by atoms with Crippen molar-refractivity contribution in [3.8, 4) is 0 Å². The molecule has 0 unspecified atom stereocenters. The summed E-state index contributed by atoms with van der Waals surface area (Å²) >= 11 is 2.19. The lowest BCUT2D eigenvalue weighted by Gasteiger charge is -2.07. The standard InChI is InChI=1S/C13H10INO2/c1-8(16)15-13(17)10-6-2-4-9-5-3-7-11(14)12(9)10/h2-7H,1H3,(H,15,16,17). The van der Waals surface area contributed by atoms with Crippen LogP contribution in [0.3, 0.4) is 0 Å². The first-order valence-corrected chi connectivity index (χ1v) is 6.16. The molecule has 2 rings (SSSR count). The number of carbonyl (C=O) groups is 2. The summed E-state index contributed by atoms with van der Waals surface area (Å²) in [7, 11) is 0. The van der Waals surface area contributed by atoms with E-state index in [9.17, 15) is 9.59 Å². The Kier molecular flexibility index (Phi) is 3.42. The van der Waals surface area contributed by atoms with Gasteiger partial charge in [-0.3, -0.25) is 14.9 Å². The molecular formula is C13H10INO2. The Morgan fingerprint density at radius 3 is 2.41 bits per heavy atom. The van der Waals surface area contributed by atoms with Crippen molar-refractivity contribution in [3.05, 3.63) is 45.5 Å². The van der Waals surface area contributed by atoms with Gasteiger partial charge in [0.2, 0.25) is 5.91 Å². The van der Waals surface area contributed by atoms with Crippen LogP contribution in [0.5, 0.6) is 0 Å². The highest BCUT2D eigenvalue weighted by atomic mass is 127. The minimum atomic E-state index is -0.354. The van der Waals surface area contributed by atoms with Gasteiger partial charge in [-0.25, -0.2) is 0 Å². The molecule has 0 saturated carbocycles. The topological polar surface area (TPSA) is 46.2 Å². The van der Waals surface area contributed by atoms with Crippen molar-refractivity contribution in [3.63, 3.8) is 0 Å². The second kappa shape index (κ2) is 4.83. The van der Waals surface area contributed by atoms with Crippen LogP contribution in [0.4, 0.5) is 0 Å². The molecule has 2 aromatic carbocycles. The Hall–Kier alpha value is -1.43. The van der Waals surface area contributed by atoms with Gasteiger partial charge >= 0.3 is 0 Å². The normalized spacial score (nSPS) is 10.2. The SMILES string of the molecule is CC(=O)NC(=O)c1cccc2cccc(I)c12. The van der Waals surface area contributed by atoms with E-state index < -0.39 is 0 Å². The lowest BCUT2D eigenvalue weighted by Crippen LogP contribution is -2.28. The van der Waals surface area contributed by atoms with E-state index in [0.717, 1.165) is 14.3 Å². The third-order valence-corrected chi connectivity index (χ3v) is 3.29. The summed E-state index contributed by atoms with van der Waals surface area (Å²) in [6.45, 7) is 1.33. The Morgan fingerprint density at radius 1 is 1.12 bits per heavy atom. The zero-order valence-electron chi connectivity index (χ0n) is 9.16. The first-order valence-electron chi connectivity index (χ1n) is 5.09. The Balaban J connectivity index is 2.61. The quantitative estimate of drug-likeness (QED) is 0.812. The van der Waals surface area contributed by atoms with Crippen LogP contribution in [-0.4, -0.2) is 11.8 Å². The minimum Gasteiger partial charge on any atom is -0.293 e. The fourth-order valence-electron chi connectivity index (χ4n) is 1.71.